The molecule has 0 saturated heterocycles. The Morgan fingerprint density at radius 3 is 2.94 bits per heavy atom. The molecule has 1 saturated carbocycles. The van der Waals surface area contributed by atoms with Crippen molar-refractivity contribution in [3.8, 4) is 0 Å². The molecule has 0 heterocycles. The lowest BCUT2D eigenvalue weighted by atomic mass is 10.3. The first-order valence-corrected chi connectivity index (χ1v) is 5.92. The number of halogens is 1. The minimum absolute atomic E-state index is 0.184. The zero-order valence-electron chi connectivity index (χ0n) is 9.75. The van der Waals surface area contributed by atoms with E-state index >= 15 is 0 Å². The average molecular weight is 222 g/mol. The number of hydrogen-bond acceptors (Lipinski definition) is 2. The van der Waals surface area contributed by atoms with E-state index in [1.54, 1.807) is 6.07 Å². The van der Waals surface area contributed by atoms with Crippen LogP contribution in [-0.2, 0) is 0 Å². The molecule has 0 aliphatic heterocycles. The van der Waals surface area contributed by atoms with Gasteiger partial charge in [-0.2, -0.15) is 0 Å². The number of nitrogens with one attached hydrogen (secondary N) is 1. The van der Waals surface area contributed by atoms with E-state index < -0.39 is 0 Å². The van der Waals surface area contributed by atoms with Crippen molar-refractivity contribution in [3.05, 3.63) is 30.1 Å². The van der Waals surface area contributed by atoms with Crippen LogP contribution in [0.2, 0.25) is 0 Å². The Labute approximate surface area is 96.5 Å². The van der Waals surface area contributed by atoms with Crippen molar-refractivity contribution < 1.29 is 4.39 Å². The van der Waals surface area contributed by atoms with Crippen molar-refractivity contribution in [2.75, 3.05) is 32.0 Å². The zero-order valence-corrected chi connectivity index (χ0v) is 9.75. The first-order chi connectivity index (χ1) is 7.74. The monoisotopic (exact) mass is 222 g/mol. The van der Waals surface area contributed by atoms with Crippen LogP contribution in [0.1, 0.15) is 12.8 Å². The van der Waals surface area contributed by atoms with E-state index in [4.69, 9.17) is 0 Å². The fourth-order valence-electron chi connectivity index (χ4n) is 1.82. The van der Waals surface area contributed by atoms with Crippen LogP contribution in [-0.4, -0.2) is 31.6 Å². The van der Waals surface area contributed by atoms with Crippen molar-refractivity contribution in [1.82, 2.24) is 4.90 Å². The second kappa shape index (κ2) is 5.30. The SMILES string of the molecule is CN(CCNc1cccc(F)c1)CC1CC1. The highest BCUT2D eigenvalue weighted by Gasteiger charge is 2.22. The Morgan fingerprint density at radius 2 is 2.25 bits per heavy atom. The molecule has 16 heavy (non-hydrogen) atoms. The molecule has 0 amide bonds. The van der Waals surface area contributed by atoms with Gasteiger partial charge >= 0.3 is 0 Å². The maximum Gasteiger partial charge on any atom is 0.125 e. The average Bonchev–Trinajstić information content (AvgIpc) is 3.02. The van der Waals surface area contributed by atoms with Gasteiger partial charge in [0.25, 0.3) is 0 Å². The van der Waals surface area contributed by atoms with Crippen LogP contribution < -0.4 is 5.32 Å². The summed E-state index contributed by atoms with van der Waals surface area (Å²) in [6, 6.07) is 6.61. The lowest BCUT2D eigenvalue weighted by Gasteiger charge is -2.16. The van der Waals surface area contributed by atoms with Gasteiger partial charge in [-0.3, -0.25) is 0 Å². The first kappa shape index (κ1) is 11.4. The molecule has 2 nitrogen and oxygen atoms in total. The van der Waals surface area contributed by atoms with Crippen molar-refractivity contribution >= 4 is 5.69 Å². The van der Waals surface area contributed by atoms with E-state index in [9.17, 15) is 4.39 Å². The van der Waals surface area contributed by atoms with Gasteiger partial charge in [-0.1, -0.05) is 6.07 Å². The van der Waals surface area contributed by atoms with Crippen LogP contribution in [0.15, 0.2) is 24.3 Å². The number of likely N-dealkylation sites (N-methyl/N-ethyl adjacent to an activating group) is 1. The van der Waals surface area contributed by atoms with E-state index in [0.29, 0.717) is 0 Å². The Kier molecular flexibility index (Phi) is 3.78. The topological polar surface area (TPSA) is 15.3 Å². The number of anilines is 1. The predicted octanol–water partition coefficient (Wildman–Crippen LogP) is 2.58. The molecule has 0 aromatic heterocycles. The fourth-order valence-corrected chi connectivity index (χ4v) is 1.82. The number of benzene rings is 1. The molecule has 0 bridgehead atoms. The quantitative estimate of drug-likeness (QED) is 0.796. The van der Waals surface area contributed by atoms with Crippen LogP contribution >= 0.6 is 0 Å². The highest BCUT2D eigenvalue weighted by atomic mass is 19.1. The number of nitrogens with zero attached hydrogens (tertiary/aromatic N) is 1. The summed E-state index contributed by atoms with van der Waals surface area (Å²) in [6.45, 7) is 3.07. The van der Waals surface area contributed by atoms with E-state index in [2.05, 4.69) is 17.3 Å². The zero-order chi connectivity index (χ0) is 11.4. The Bertz CT molecular complexity index is 336. The maximum atomic E-state index is 12.9. The molecular formula is C13H19FN2. The van der Waals surface area contributed by atoms with Gasteiger partial charge in [-0.05, 0) is 44.0 Å². The predicted molar refractivity (Wildman–Crippen MR) is 65.1 cm³/mol. The third-order valence-corrected chi connectivity index (χ3v) is 2.91. The fraction of sp³-hybridized carbons (Fsp3) is 0.538. The number of hydrogen-bond donors (Lipinski definition) is 1. The molecule has 1 aromatic rings. The standard InChI is InChI=1S/C13H19FN2/c1-16(10-11-5-6-11)8-7-15-13-4-2-3-12(14)9-13/h2-4,9,11,15H,5-8,10H2,1H3. The molecule has 0 spiro atoms. The number of rotatable bonds is 6. The maximum absolute atomic E-state index is 12.9. The van der Waals surface area contributed by atoms with Crippen molar-refractivity contribution in [3.63, 3.8) is 0 Å². The van der Waals surface area contributed by atoms with Crippen LogP contribution in [0, 0.1) is 11.7 Å². The molecule has 88 valence electrons. The molecule has 1 fully saturated rings. The van der Waals surface area contributed by atoms with Gasteiger partial charge < -0.3 is 10.2 Å². The summed E-state index contributed by atoms with van der Waals surface area (Å²) in [4.78, 5) is 2.34. The second-order valence-corrected chi connectivity index (χ2v) is 4.64. The van der Waals surface area contributed by atoms with Crippen LogP contribution in [0.4, 0.5) is 10.1 Å². The summed E-state index contributed by atoms with van der Waals surface area (Å²) in [7, 11) is 2.14. The summed E-state index contributed by atoms with van der Waals surface area (Å²) in [6.07, 6.45) is 2.78. The van der Waals surface area contributed by atoms with Crippen LogP contribution in [0.5, 0.6) is 0 Å². The molecule has 3 heteroatoms. The first-order valence-electron chi connectivity index (χ1n) is 5.92. The van der Waals surface area contributed by atoms with Crippen LogP contribution in [0.25, 0.3) is 0 Å². The van der Waals surface area contributed by atoms with E-state index in [0.717, 1.165) is 24.7 Å². The normalized spacial score (nSPS) is 15.4. The van der Waals surface area contributed by atoms with Crippen molar-refractivity contribution in [1.29, 1.82) is 0 Å². The lowest BCUT2D eigenvalue weighted by molar-refractivity contribution is 0.332. The third kappa shape index (κ3) is 3.81. The van der Waals surface area contributed by atoms with Gasteiger partial charge in [0, 0.05) is 25.3 Å². The molecule has 2 rings (SSSR count). The Balaban J connectivity index is 1.66. The smallest absolute Gasteiger partial charge is 0.125 e. The summed E-state index contributed by atoms with van der Waals surface area (Å²) < 4.78 is 12.9. The lowest BCUT2D eigenvalue weighted by Crippen LogP contribution is -2.27. The van der Waals surface area contributed by atoms with E-state index in [1.165, 1.54) is 31.5 Å². The van der Waals surface area contributed by atoms with E-state index in [1.807, 2.05) is 6.07 Å². The summed E-state index contributed by atoms with van der Waals surface area (Å²) in [5, 5.41) is 3.23. The minimum Gasteiger partial charge on any atom is -0.384 e. The molecule has 0 radical (unpaired) electrons. The minimum atomic E-state index is -0.184. The Morgan fingerprint density at radius 1 is 1.44 bits per heavy atom. The Hall–Kier alpha value is -1.09. The molecule has 1 aliphatic rings. The molecule has 0 unspecified atom stereocenters. The third-order valence-electron chi connectivity index (χ3n) is 2.91. The highest BCUT2D eigenvalue weighted by Crippen LogP contribution is 2.29. The van der Waals surface area contributed by atoms with Gasteiger partial charge in [0.15, 0.2) is 0 Å². The second-order valence-electron chi connectivity index (χ2n) is 4.64. The highest BCUT2D eigenvalue weighted by molar-refractivity contribution is 5.42. The van der Waals surface area contributed by atoms with E-state index in [-0.39, 0.29) is 5.82 Å². The van der Waals surface area contributed by atoms with Crippen molar-refractivity contribution in [2.45, 2.75) is 12.8 Å². The summed E-state index contributed by atoms with van der Waals surface area (Å²) >= 11 is 0. The molecule has 1 N–H and O–H groups in total. The molecular weight excluding hydrogens is 203 g/mol. The van der Waals surface area contributed by atoms with Gasteiger partial charge in [0.1, 0.15) is 5.82 Å². The van der Waals surface area contributed by atoms with Gasteiger partial charge in [-0.25, -0.2) is 4.39 Å². The molecule has 1 aliphatic carbocycles. The largest absolute Gasteiger partial charge is 0.384 e. The summed E-state index contributed by atoms with van der Waals surface area (Å²) in [5.74, 6) is 0.746. The molecule has 0 atom stereocenters. The summed E-state index contributed by atoms with van der Waals surface area (Å²) in [5.41, 5.74) is 0.861. The van der Waals surface area contributed by atoms with Gasteiger partial charge in [0.2, 0.25) is 0 Å². The van der Waals surface area contributed by atoms with Gasteiger partial charge in [-0.15, -0.1) is 0 Å². The van der Waals surface area contributed by atoms with Crippen molar-refractivity contribution in [2.24, 2.45) is 5.92 Å². The van der Waals surface area contributed by atoms with Crippen LogP contribution in [0.3, 0.4) is 0 Å². The molecule has 1 aromatic carbocycles. The van der Waals surface area contributed by atoms with Gasteiger partial charge in [0.05, 0.1) is 0 Å².